The van der Waals surface area contributed by atoms with Crippen molar-refractivity contribution in [3.63, 3.8) is 0 Å². The Labute approximate surface area is 124 Å². The number of nitrogens with one attached hydrogen (secondary N) is 2. The van der Waals surface area contributed by atoms with E-state index in [4.69, 9.17) is 4.52 Å². The number of hydrogen-bond acceptors (Lipinski definition) is 5. The Hall–Kier alpha value is -1.40. The smallest absolute Gasteiger partial charge is 0.238 e. The monoisotopic (exact) mass is 297 g/mol. The van der Waals surface area contributed by atoms with E-state index in [9.17, 15) is 0 Å². The summed E-state index contributed by atoms with van der Waals surface area (Å²) >= 11 is 0. The lowest BCUT2D eigenvalue weighted by Gasteiger charge is -2.27. The van der Waals surface area contributed by atoms with Crippen LogP contribution in [0.3, 0.4) is 0 Å². The van der Waals surface area contributed by atoms with Crippen LogP contribution >= 0.6 is 12.4 Å². The third-order valence-electron chi connectivity index (χ3n) is 3.81. The second-order valence-corrected chi connectivity index (χ2v) is 5.24. The molecule has 0 aromatic carbocycles. The van der Waals surface area contributed by atoms with Crippen molar-refractivity contribution >= 4 is 12.4 Å². The summed E-state index contributed by atoms with van der Waals surface area (Å²) in [6.45, 7) is 4.50. The van der Waals surface area contributed by atoms with Crippen LogP contribution in [0, 0.1) is 11.8 Å². The van der Waals surface area contributed by atoms with Crippen molar-refractivity contribution in [1.82, 2.24) is 25.4 Å². The van der Waals surface area contributed by atoms with Crippen LogP contribution in [0.2, 0.25) is 0 Å². The molecule has 20 heavy (non-hydrogen) atoms. The molecule has 110 valence electrons. The lowest BCUT2D eigenvalue weighted by atomic mass is 9.85. The molecule has 3 heterocycles. The van der Waals surface area contributed by atoms with Gasteiger partial charge in [0.05, 0.1) is 0 Å². The van der Waals surface area contributed by atoms with Crippen molar-refractivity contribution in [2.24, 2.45) is 11.8 Å². The van der Waals surface area contributed by atoms with Gasteiger partial charge in [0.25, 0.3) is 0 Å². The third kappa shape index (κ3) is 3.37. The molecule has 2 aromatic heterocycles. The highest BCUT2D eigenvalue weighted by molar-refractivity contribution is 5.85. The van der Waals surface area contributed by atoms with Gasteiger partial charge in [-0.2, -0.15) is 4.98 Å². The van der Waals surface area contributed by atoms with Crippen LogP contribution in [-0.4, -0.2) is 33.2 Å². The SMILES string of the molecule is CC(Cc1nc(-c2ncc[nH]2)no1)C1CCCNC1.Cl. The quantitative estimate of drug-likeness (QED) is 0.903. The van der Waals surface area contributed by atoms with E-state index < -0.39 is 0 Å². The van der Waals surface area contributed by atoms with Gasteiger partial charge in [-0.1, -0.05) is 12.1 Å². The summed E-state index contributed by atoms with van der Waals surface area (Å²) in [4.78, 5) is 11.5. The van der Waals surface area contributed by atoms with E-state index in [1.807, 2.05) is 0 Å². The second kappa shape index (κ2) is 6.85. The average Bonchev–Trinajstić information content (AvgIpc) is 3.10. The van der Waals surface area contributed by atoms with Crippen LogP contribution in [0.5, 0.6) is 0 Å². The lowest BCUT2D eigenvalue weighted by molar-refractivity contribution is 0.257. The molecule has 1 aliphatic rings. The summed E-state index contributed by atoms with van der Waals surface area (Å²) in [5.74, 6) is 3.14. The number of imidazole rings is 1. The Morgan fingerprint density at radius 1 is 1.50 bits per heavy atom. The first-order chi connectivity index (χ1) is 9.33. The van der Waals surface area contributed by atoms with E-state index in [1.165, 1.54) is 12.8 Å². The van der Waals surface area contributed by atoms with E-state index in [2.05, 4.69) is 32.3 Å². The first-order valence-electron chi connectivity index (χ1n) is 6.86. The van der Waals surface area contributed by atoms with Crippen molar-refractivity contribution in [3.05, 3.63) is 18.3 Å². The summed E-state index contributed by atoms with van der Waals surface area (Å²) in [6, 6.07) is 0. The Bertz CT molecular complexity index is 507. The van der Waals surface area contributed by atoms with Crippen molar-refractivity contribution in [2.45, 2.75) is 26.2 Å². The number of piperidine rings is 1. The van der Waals surface area contributed by atoms with Crippen LogP contribution in [0.1, 0.15) is 25.7 Å². The molecule has 0 bridgehead atoms. The van der Waals surface area contributed by atoms with E-state index in [0.29, 0.717) is 29.4 Å². The minimum Gasteiger partial charge on any atom is -0.342 e. The molecular weight excluding hydrogens is 278 g/mol. The summed E-state index contributed by atoms with van der Waals surface area (Å²) in [5, 5.41) is 7.41. The number of halogens is 1. The lowest BCUT2D eigenvalue weighted by Crippen LogP contribution is -2.33. The third-order valence-corrected chi connectivity index (χ3v) is 3.81. The van der Waals surface area contributed by atoms with Gasteiger partial charge in [0.2, 0.25) is 11.7 Å². The van der Waals surface area contributed by atoms with E-state index in [0.717, 1.165) is 19.5 Å². The molecule has 6 nitrogen and oxygen atoms in total. The summed E-state index contributed by atoms with van der Waals surface area (Å²) < 4.78 is 5.31. The summed E-state index contributed by atoms with van der Waals surface area (Å²) in [7, 11) is 0. The molecule has 1 fully saturated rings. The van der Waals surface area contributed by atoms with Gasteiger partial charge in [-0.25, -0.2) is 4.98 Å². The highest BCUT2D eigenvalue weighted by Crippen LogP contribution is 2.23. The van der Waals surface area contributed by atoms with Gasteiger partial charge < -0.3 is 14.8 Å². The van der Waals surface area contributed by atoms with Crippen molar-refractivity contribution in [3.8, 4) is 11.6 Å². The fourth-order valence-corrected chi connectivity index (χ4v) is 2.63. The zero-order valence-corrected chi connectivity index (χ0v) is 12.3. The fraction of sp³-hybridized carbons (Fsp3) is 0.615. The van der Waals surface area contributed by atoms with Gasteiger partial charge in [0.15, 0.2) is 5.82 Å². The molecule has 2 atom stereocenters. The standard InChI is InChI=1S/C13H19N5O.ClH/c1-9(10-3-2-4-14-8-10)7-11-17-13(18-19-11)12-15-5-6-16-12;/h5-6,9-10,14H,2-4,7-8H2,1H3,(H,15,16);1H. The van der Waals surface area contributed by atoms with Gasteiger partial charge in [0.1, 0.15) is 0 Å². The summed E-state index contributed by atoms with van der Waals surface area (Å²) in [6.07, 6.45) is 6.81. The normalized spacial score (nSPS) is 20.4. The Morgan fingerprint density at radius 2 is 2.40 bits per heavy atom. The van der Waals surface area contributed by atoms with Crippen LogP contribution < -0.4 is 5.32 Å². The van der Waals surface area contributed by atoms with E-state index in [-0.39, 0.29) is 12.4 Å². The Balaban J connectivity index is 0.00000147. The van der Waals surface area contributed by atoms with E-state index >= 15 is 0 Å². The van der Waals surface area contributed by atoms with Crippen molar-refractivity contribution in [2.75, 3.05) is 13.1 Å². The molecule has 1 aliphatic heterocycles. The van der Waals surface area contributed by atoms with Gasteiger partial charge in [-0.05, 0) is 37.8 Å². The Kier molecular flexibility index (Phi) is 5.14. The first-order valence-corrected chi connectivity index (χ1v) is 6.86. The molecule has 0 aliphatic carbocycles. The maximum atomic E-state index is 5.31. The maximum Gasteiger partial charge on any atom is 0.238 e. The minimum atomic E-state index is 0. The van der Waals surface area contributed by atoms with Gasteiger partial charge in [0, 0.05) is 18.8 Å². The number of rotatable bonds is 4. The Morgan fingerprint density at radius 3 is 3.10 bits per heavy atom. The number of aromatic amines is 1. The summed E-state index contributed by atoms with van der Waals surface area (Å²) in [5.41, 5.74) is 0. The molecule has 2 aromatic rings. The zero-order valence-electron chi connectivity index (χ0n) is 11.5. The van der Waals surface area contributed by atoms with E-state index in [1.54, 1.807) is 12.4 Å². The van der Waals surface area contributed by atoms with Crippen LogP contribution in [0.15, 0.2) is 16.9 Å². The van der Waals surface area contributed by atoms with Gasteiger partial charge in [-0.15, -0.1) is 12.4 Å². The molecular formula is C13H20ClN5O. The highest BCUT2D eigenvalue weighted by Gasteiger charge is 2.22. The number of hydrogen-bond donors (Lipinski definition) is 2. The van der Waals surface area contributed by atoms with Crippen LogP contribution in [-0.2, 0) is 6.42 Å². The molecule has 1 saturated heterocycles. The molecule has 0 radical (unpaired) electrons. The van der Waals surface area contributed by atoms with Gasteiger partial charge >= 0.3 is 0 Å². The molecule has 3 rings (SSSR count). The fourth-order valence-electron chi connectivity index (χ4n) is 2.63. The number of H-pyrrole nitrogens is 1. The largest absolute Gasteiger partial charge is 0.342 e. The highest BCUT2D eigenvalue weighted by atomic mass is 35.5. The van der Waals surface area contributed by atoms with Gasteiger partial charge in [-0.3, -0.25) is 0 Å². The second-order valence-electron chi connectivity index (χ2n) is 5.24. The van der Waals surface area contributed by atoms with Crippen molar-refractivity contribution < 1.29 is 4.52 Å². The molecule has 0 amide bonds. The van der Waals surface area contributed by atoms with Crippen LogP contribution in [0.4, 0.5) is 0 Å². The maximum absolute atomic E-state index is 5.31. The predicted octanol–water partition coefficient (Wildman–Crippen LogP) is 2.06. The number of nitrogens with zero attached hydrogens (tertiary/aromatic N) is 3. The molecule has 0 saturated carbocycles. The first kappa shape index (κ1) is 15.0. The number of aromatic nitrogens is 4. The molecule has 2 unspecified atom stereocenters. The average molecular weight is 298 g/mol. The topological polar surface area (TPSA) is 79.6 Å². The molecule has 7 heteroatoms. The molecule has 2 N–H and O–H groups in total. The van der Waals surface area contributed by atoms with Crippen LogP contribution in [0.25, 0.3) is 11.6 Å². The predicted molar refractivity (Wildman–Crippen MR) is 77.6 cm³/mol. The minimum absolute atomic E-state index is 0. The zero-order chi connectivity index (χ0) is 13.1. The molecule has 0 spiro atoms. The van der Waals surface area contributed by atoms with Crippen molar-refractivity contribution in [1.29, 1.82) is 0 Å².